The lowest BCUT2D eigenvalue weighted by Gasteiger charge is -2.11. The van der Waals surface area contributed by atoms with Gasteiger partial charge in [0.1, 0.15) is 5.01 Å². The standard InChI is InChI=1S/C14H14N4S/c1-9-8-19-13(16-9)10(2)17-14-15-7-11-5-3-4-6-12(11)18-14/h3-8,10H,1-2H3,(H,15,17,18). The Kier molecular flexibility index (Phi) is 3.13. The molecule has 96 valence electrons. The Morgan fingerprint density at radius 1 is 1.21 bits per heavy atom. The van der Waals surface area contributed by atoms with Crippen LogP contribution in [0.2, 0.25) is 0 Å². The van der Waals surface area contributed by atoms with Gasteiger partial charge in [-0.05, 0) is 19.9 Å². The molecule has 5 heteroatoms. The number of fused-ring (bicyclic) bond motifs is 1. The molecule has 2 heterocycles. The molecule has 0 aliphatic carbocycles. The Morgan fingerprint density at radius 2 is 2.05 bits per heavy atom. The van der Waals surface area contributed by atoms with Crippen LogP contribution < -0.4 is 5.32 Å². The summed E-state index contributed by atoms with van der Waals surface area (Å²) in [6.45, 7) is 4.07. The molecule has 0 fully saturated rings. The topological polar surface area (TPSA) is 50.7 Å². The van der Waals surface area contributed by atoms with Gasteiger partial charge in [-0.15, -0.1) is 11.3 Å². The number of hydrogen-bond donors (Lipinski definition) is 1. The van der Waals surface area contributed by atoms with Gasteiger partial charge in [0, 0.05) is 22.7 Å². The van der Waals surface area contributed by atoms with Crippen molar-refractivity contribution in [3.05, 3.63) is 46.5 Å². The van der Waals surface area contributed by atoms with Crippen molar-refractivity contribution in [1.82, 2.24) is 15.0 Å². The van der Waals surface area contributed by atoms with Gasteiger partial charge in [-0.1, -0.05) is 18.2 Å². The summed E-state index contributed by atoms with van der Waals surface area (Å²) < 4.78 is 0. The Balaban J connectivity index is 1.84. The van der Waals surface area contributed by atoms with E-state index < -0.39 is 0 Å². The number of nitrogens with one attached hydrogen (secondary N) is 1. The molecule has 19 heavy (non-hydrogen) atoms. The van der Waals surface area contributed by atoms with Crippen molar-refractivity contribution in [2.24, 2.45) is 0 Å². The van der Waals surface area contributed by atoms with Gasteiger partial charge in [0.05, 0.1) is 11.6 Å². The predicted octanol–water partition coefficient (Wildman–Crippen LogP) is 3.57. The van der Waals surface area contributed by atoms with Crippen LogP contribution in [0.1, 0.15) is 23.7 Å². The van der Waals surface area contributed by atoms with Crippen molar-refractivity contribution in [2.45, 2.75) is 19.9 Å². The van der Waals surface area contributed by atoms with Gasteiger partial charge in [0.2, 0.25) is 5.95 Å². The summed E-state index contributed by atoms with van der Waals surface area (Å²) in [7, 11) is 0. The minimum atomic E-state index is 0.111. The number of anilines is 1. The Labute approximate surface area is 115 Å². The second-order valence-electron chi connectivity index (χ2n) is 4.45. The summed E-state index contributed by atoms with van der Waals surface area (Å²) in [4.78, 5) is 13.3. The van der Waals surface area contributed by atoms with E-state index in [-0.39, 0.29) is 6.04 Å². The van der Waals surface area contributed by atoms with E-state index in [1.165, 1.54) is 0 Å². The molecule has 0 aliphatic heterocycles. The average Bonchev–Trinajstić information content (AvgIpc) is 2.85. The summed E-state index contributed by atoms with van der Waals surface area (Å²) >= 11 is 1.65. The number of rotatable bonds is 3. The zero-order valence-corrected chi connectivity index (χ0v) is 11.6. The van der Waals surface area contributed by atoms with E-state index in [1.54, 1.807) is 11.3 Å². The zero-order chi connectivity index (χ0) is 13.2. The minimum absolute atomic E-state index is 0.111. The van der Waals surface area contributed by atoms with Gasteiger partial charge >= 0.3 is 0 Å². The molecular weight excluding hydrogens is 256 g/mol. The number of nitrogens with zero attached hydrogens (tertiary/aromatic N) is 3. The lowest BCUT2D eigenvalue weighted by atomic mass is 10.2. The molecule has 1 unspecified atom stereocenters. The van der Waals surface area contributed by atoms with Crippen molar-refractivity contribution in [1.29, 1.82) is 0 Å². The van der Waals surface area contributed by atoms with Crippen molar-refractivity contribution < 1.29 is 0 Å². The predicted molar refractivity (Wildman–Crippen MR) is 78.4 cm³/mol. The number of aryl methyl sites for hydroxylation is 1. The first-order valence-corrected chi connectivity index (χ1v) is 7.01. The molecule has 0 radical (unpaired) electrons. The molecule has 0 saturated carbocycles. The van der Waals surface area contributed by atoms with Crippen LogP contribution in [-0.4, -0.2) is 15.0 Å². The van der Waals surface area contributed by atoms with Crippen LogP contribution in [-0.2, 0) is 0 Å². The number of aromatic nitrogens is 3. The molecule has 0 spiro atoms. The molecule has 4 nitrogen and oxygen atoms in total. The quantitative estimate of drug-likeness (QED) is 0.790. The first kappa shape index (κ1) is 12.0. The lowest BCUT2D eigenvalue weighted by Crippen LogP contribution is -2.09. The number of hydrogen-bond acceptors (Lipinski definition) is 5. The van der Waals surface area contributed by atoms with Crippen LogP contribution in [0.15, 0.2) is 35.8 Å². The third kappa shape index (κ3) is 2.56. The molecule has 0 amide bonds. The highest BCUT2D eigenvalue weighted by atomic mass is 32.1. The first-order chi connectivity index (χ1) is 9.22. The van der Waals surface area contributed by atoms with Crippen LogP contribution >= 0.6 is 11.3 Å². The first-order valence-electron chi connectivity index (χ1n) is 6.13. The molecule has 0 saturated heterocycles. The van der Waals surface area contributed by atoms with E-state index in [4.69, 9.17) is 0 Å². The maximum Gasteiger partial charge on any atom is 0.223 e. The fourth-order valence-electron chi connectivity index (χ4n) is 1.87. The van der Waals surface area contributed by atoms with Crippen molar-refractivity contribution in [2.75, 3.05) is 5.32 Å². The second kappa shape index (κ2) is 4.93. The maximum atomic E-state index is 4.50. The van der Waals surface area contributed by atoms with E-state index in [0.717, 1.165) is 21.6 Å². The third-order valence-corrected chi connectivity index (χ3v) is 3.99. The van der Waals surface area contributed by atoms with Gasteiger partial charge in [0.15, 0.2) is 0 Å². The molecule has 3 aromatic rings. The van der Waals surface area contributed by atoms with E-state index in [2.05, 4.69) is 32.6 Å². The fourth-order valence-corrected chi connectivity index (χ4v) is 2.67. The number of benzene rings is 1. The number of thiazole rings is 1. The summed E-state index contributed by atoms with van der Waals surface area (Å²) in [5.74, 6) is 0.638. The normalized spacial score (nSPS) is 12.5. The second-order valence-corrected chi connectivity index (χ2v) is 5.34. The molecule has 0 bridgehead atoms. The lowest BCUT2D eigenvalue weighted by molar-refractivity contribution is 0.846. The average molecular weight is 270 g/mol. The molecule has 0 aliphatic rings. The number of para-hydroxylation sites is 1. The Hall–Kier alpha value is -2.01. The highest BCUT2D eigenvalue weighted by molar-refractivity contribution is 7.09. The van der Waals surface area contributed by atoms with Crippen molar-refractivity contribution in [3.8, 4) is 0 Å². The van der Waals surface area contributed by atoms with Gasteiger partial charge < -0.3 is 5.32 Å². The van der Waals surface area contributed by atoms with Crippen LogP contribution in [0, 0.1) is 6.92 Å². The summed E-state index contributed by atoms with van der Waals surface area (Å²) in [6.07, 6.45) is 1.84. The van der Waals surface area contributed by atoms with Crippen LogP contribution in [0.3, 0.4) is 0 Å². The highest BCUT2D eigenvalue weighted by Crippen LogP contribution is 2.21. The molecule has 2 aromatic heterocycles. The SMILES string of the molecule is Cc1csc(C(C)Nc2ncc3ccccc3n2)n1. The van der Waals surface area contributed by atoms with Gasteiger partial charge in [-0.2, -0.15) is 0 Å². The fraction of sp³-hybridized carbons (Fsp3) is 0.214. The smallest absolute Gasteiger partial charge is 0.223 e. The largest absolute Gasteiger partial charge is 0.345 e. The van der Waals surface area contributed by atoms with Crippen LogP contribution in [0.25, 0.3) is 10.9 Å². The molecular formula is C14H14N4S. The van der Waals surface area contributed by atoms with Crippen LogP contribution in [0.4, 0.5) is 5.95 Å². The third-order valence-electron chi connectivity index (χ3n) is 2.84. The summed E-state index contributed by atoms with van der Waals surface area (Å²) in [5.41, 5.74) is 2.00. The molecule has 1 atom stereocenters. The molecule has 1 aromatic carbocycles. The van der Waals surface area contributed by atoms with E-state index in [9.17, 15) is 0 Å². The zero-order valence-electron chi connectivity index (χ0n) is 10.8. The van der Waals surface area contributed by atoms with Crippen molar-refractivity contribution in [3.63, 3.8) is 0 Å². The van der Waals surface area contributed by atoms with Gasteiger partial charge in [0.25, 0.3) is 0 Å². The van der Waals surface area contributed by atoms with E-state index in [0.29, 0.717) is 5.95 Å². The molecule has 3 rings (SSSR count). The highest BCUT2D eigenvalue weighted by Gasteiger charge is 2.10. The summed E-state index contributed by atoms with van der Waals surface area (Å²) in [6, 6.07) is 8.07. The van der Waals surface area contributed by atoms with Crippen LogP contribution in [0.5, 0.6) is 0 Å². The monoisotopic (exact) mass is 270 g/mol. The Morgan fingerprint density at radius 3 is 2.84 bits per heavy atom. The van der Waals surface area contributed by atoms with Gasteiger partial charge in [-0.25, -0.2) is 15.0 Å². The Bertz CT molecular complexity index is 707. The van der Waals surface area contributed by atoms with Gasteiger partial charge in [-0.3, -0.25) is 0 Å². The summed E-state index contributed by atoms with van der Waals surface area (Å²) in [5, 5.41) is 7.44. The maximum absolute atomic E-state index is 4.50. The van der Waals surface area contributed by atoms with Crippen molar-refractivity contribution >= 4 is 28.2 Å². The van der Waals surface area contributed by atoms with E-state index in [1.807, 2.05) is 37.4 Å². The minimum Gasteiger partial charge on any atom is -0.345 e. The molecule has 1 N–H and O–H groups in total. The van der Waals surface area contributed by atoms with E-state index >= 15 is 0 Å².